The third kappa shape index (κ3) is 2.71. The number of rotatable bonds is 2. The van der Waals surface area contributed by atoms with Crippen molar-refractivity contribution in [3.05, 3.63) is 79.0 Å². The predicted molar refractivity (Wildman–Crippen MR) is 97.8 cm³/mol. The summed E-state index contributed by atoms with van der Waals surface area (Å²) in [5.41, 5.74) is 1.40. The van der Waals surface area contributed by atoms with E-state index < -0.39 is 0 Å². The molecule has 0 radical (unpaired) electrons. The van der Waals surface area contributed by atoms with E-state index in [2.05, 4.69) is 10.1 Å². The normalized spacial score (nSPS) is 12.2. The van der Waals surface area contributed by atoms with Crippen LogP contribution in [0.25, 0.3) is 22.4 Å². The summed E-state index contributed by atoms with van der Waals surface area (Å²) in [7, 11) is 0. The molecular weight excluding hydrogens is 365 g/mol. The van der Waals surface area contributed by atoms with E-state index >= 15 is 0 Å². The van der Waals surface area contributed by atoms with Crippen LogP contribution in [-0.4, -0.2) is 14.6 Å². The average molecular weight is 374 g/mol. The molecule has 24 heavy (non-hydrogen) atoms. The number of halogens is 2. The van der Waals surface area contributed by atoms with Crippen LogP contribution in [0.4, 0.5) is 0 Å². The van der Waals surface area contributed by atoms with Crippen molar-refractivity contribution in [1.29, 1.82) is 0 Å². The zero-order chi connectivity index (χ0) is 16.7. The first-order chi connectivity index (χ1) is 11.6. The fraction of sp³-hybridized carbons (Fsp3) is 0. The average Bonchev–Trinajstić information content (AvgIpc) is 3.11. The molecule has 0 unspecified atom stereocenters. The molecule has 4 rings (SSSR count). The van der Waals surface area contributed by atoms with Crippen molar-refractivity contribution in [2.45, 2.75) is 0 Å². The Kier molecular flexibility index (Phi) is 3.84. The monoisotopic (exact) mass is 373 g/mol. The minimum Gasteiger partial charge on any atom is -0.266 e. The summed E-state index contributed by atoms with van der Waals surface area (Å²) >= 11 is 13.3. The number of thiazole rings is 1. The maximum atomic E-state index is 12.5. The lowest BCUT2D eigenvalue weighted by Gasteiger charge is -1.94. The molecule has 2 aromatic carbocycles. The second kappa shape index (κ2) is 6.02. The van der Waals surface area contributed by atoms with Crippen molar-refractivity contribution in [2.75, 3.05) is 0 Å². The summed E-state index contributed by atoms with van der Waals surface area (Å²) in [5, 5.41) is 5.54. The van der Waals surface area contributed by atoms with E-state index in [-0.39, 0.29) is 5.56 Å². The fourth-order valence-corrected chi connectivity index (χ4v) is 3.50. The molecule has 4 aromatic rings. The van der Waals surface area contributed by atoms with Crippen LogP contribution in [-0.2, 0) is 0 Å². The number of hydrogen-bond acceptors (Lipinski definition) is 4. The van der Waals surface area contributed by atoms with Gasteiger partial charge in [0.05, 0.1) is 4.53 Å². The Morgan fingerprint density at radius 3 is 2.50 bits per heavy atom. The molecule has 4 nitrogen and oxygen atoms in total. The van der Waals surface area contributed by atoms with E-state index in [1.165, 1.54) is 15.9 Å². The molecule has 0 saturated heterocycles. The topological polar surface area (TPSA) is 47.3 Å². The van der Waals surface area contributed by atoms with Gasteiger partial charge in [-0.1, -0.05) is 52.7 Å². The van der Waals surface area contributed by atoms with Gasteiger partial charge in [0.15, 0.2) is 5.82 Å². The fourth-order valence-electron chi connectivity index (χ4n) is 2.29. The summed E-state index contributed by atoms with van der Waals surface area (Å²) in [5.74, 6) is 0.499. The molecule has 0 N–H and O–H groups in total. The molecule has 2 heterocycles. The molecule has 0 amide bonds. The molecule has 7 heteroatoms. The minimum atomic E-state index is -0.206. The lowest BCUT2D eigenvalue weighted by atomic mass is 10.2. The highest BCUT2D eigenvalue weighted by atomic mass is 35.5. The van der Waals surface area contributed by atoms with Crippen molar-refractivity contribution >= 4 is 45.6 Å². The van der Waals surface area contributed by atoms with Crippen LogP contribution >= 0.6 is 34.5 Å². The highest BCUT2D eigenvalue weighted by Gasteiger charge is 2.12. The SMILES string of the molecule is O=c1/c(=C\c2ccccc2Cl)sc2nc(-c3ccc(Cl)cc3)nn12. The van der Waals surface area contributed by atoms with Crippen molar-refractivity contribution in [2.24, 2.45) is 0 Å². The van der Waals surface area contributed by atoms with Crippen LogP contribution in [0.3, 0.4) is 0 Å². The van der Waals surface area contributed by atoms with Crippen LogP contribution in [0.5, 0.6) is 0 Å². The zero-order valence-corrected chi connectivity index (χ0v) is 14.4. The van der Waals surface area contributed by atoms with Gasteiger partial charge in [0.25, 0.3) is 5.56 Å². The lowest BCUT2D eigenvalue weighted by Crippen LogP contribution is -2.23. The third-order valence-corrected chi connectivity index (χ3v) is 5.03. The molecule has 0 saturated carbocycles. The van der Waals surface area contributed by atoms with Crippen LogP contribution < -0.4 is 10.1 Å². The zero-order valence-electron chi connectivity index (χ0n) is 12.1. The highest BCUT2D eigenvalue weighted by molar-refractivity contribution is 7.15. The predicted octanol–water partition coefficient (Wildman–Crippen LogP) is 3.67. The Balaban J connectivity index is 1.83. The number of hydrogen-bond donors (Lipinski definition) is 0. The molecule has 0 aliphatic heterocycles. The molecule has 0 aliphatic carbocycles. The van der Waals surface area contributed by atoms with Gasteiger partial charge in [-0.15, -0.1) is 5.10 Å². The van der Waals surface area contributed by atoms with Gasteiger partial charge in [-0.25, -0.2) is 0 Å². The van der Waals surface area contributed by atoms with Crippen LogP contribution in [0.15, 0.2) is 53.3 Å². The summed E-state index contributed by atoms with van der Waals surface area (Å²) < 4.78 is 1.86. The van der Waals surface area contributed by atoms with Gasteiger partial charge in [-0.3, -0.25) is 4.79 Å². The van der Waals surface area contributed by atoms with Gasteiger partial charge in [0.2, 0.25) is 4.96 Å². The first kappa shape index (κ1) is 15.3. The lowest BCUT2D eigenvalue weighted by molar-refractivity contribution is 0.937. The smallest absolute Gasteiger partial charge is 0.266 e. The Labute approximate surface area is 150 Å². The standard InChI is InChI=1S/C17H9Cl2N3OS/c18-12-7-5-10(6-8-12)15-20-17-22(21-15)16(23)14(24-17)9-11-3-1-2-4-13(11)19/h1-9H/b14-9+. The van der Waals surface area contributed by atoms with Gasteiger partial charge in [-0.2, -0.15) is 9.50 Å². The Bertz CT molecular complexity index is 1150. The van der Waals surface area contributed by atoms with Crippen molar-refractivity contribution in [3.8, 4) is 11.4 Å². The van der Waals surface area contributed by atoms with Gasteiger partial charge < -0.3 is 0 Å². The van der Waals surface area contributed by atoms with Gasteiger partial charge in [0.1, 0.15) is 0 Å². The van der Waals surface area contributed by atoms with E-state index in [4.69, 9.17) is 23.2 Å². The van der Waals surface area contributed by atoms with E-state index in [0.717, 1.165) is 11.1 Å². The van der Waals surface area contributed by atoms with Crippen LogP contribution in [0.1, 0.15) is 5.56 Å². The maximum absolute atomic E-state index is 12.5. The summed E-state index contributed by atoms with van der Waals surface area (Å²) in [6.45, 7) is 0. The molecule has 2 aromatic heterocycles. The van der Waals surface area contributed by atoms with Gasteiger partial charge >= 0.3 is 0 Å². The number of aromatic nitrogens is 3. The van der Waals surface area contributed by atoms with Crippen LogP contribution in [0, 0.1) is 0 Å². The molecule has 0 fully saturated rings. The van der Waals surface area contributed by atoms with E-state index in [0.29, 0.717) is 25.4 Å². The van der Waals surface area contributed by atoms with Crippen LogP contribution in [0.2, 0.25) is 10.0 Å². The van der Waals surface area contributed by atoms with Gasteiger partial charge in [0, 0.05) is 15.6 Å². The number of benzene rings is 2. The summed E-state index contributed by atoms with van der Waals surface area (Å²) in [6, 6.07) is 14.5. The van der Waals surface area contributed by atoms with Crippen molar-refractivity contribution in [1.82, 2.24) is 14.6 Å². The van der Waals surface area contributed by atoms with E-state index in [9.17, 15) is 4.79 Å². The molecule has 118 valence electrons. The second-order valence-corrected chi connectivity index (χ2v) is 6.93. The molecule has 0 spiro atoms. The van der Waals surface area contributed by atoms with Crippen molar-refractivity contribution < 1.29 is 0 Å². The third-order valence-electron chi connectivity index (χ3n) is 3.48. The Hall–Kier alpha value is -2.21. The molecule has 0 bridgehead atoms. The Morgan fingerprint density at radius 2 is 1.79 bits per heavy atom. The number of nitrogens with zero attached hydrogens (tertiary/aromatic N) is 3. The summed E-state index contributed by atoms with van der Waals surface area (Å²) in [6.07, 6.45) is 1.76. The molecular formula is C17H9Cl2N3OS. The maximum Gasteiger partial charge on any atom is 0.291 e. The summed E-state index contributed by atoms with van der Waals surface area (Å²) in [4.78, 5) is 17.5. The van der Waals surface area contributed by atoms with E-state index in [1.54, 1.807) is 24.3 Å². The highest BCUT2D eigenvalue weighted by Crippen LogP contribution is 2.19. The van der Waals surface area contributed by atoms with Crippen molar-refractivity contribution in [3.63, 3.8) is 0 Å². The first-order valence-electron chi connectivity index (χ1n) is 7.03. The Morgan fingerprint density at radius 1 is 1.04 bits per heavy atom. The molecule has 0 atom stereocenters. The van der Waals surface area contributed by atoms with Gasteiger partial charge in [-0.05, 0) is 42.0 Å². The molecule has 0 aliphatic rings. The number of fused-ring (bicyclic) bond motifs is 1. The quantitative estimate of drug-likeness (QED) is 0.538. The minimum absolute atomic E-state index is 0.206. The largest absolute Gasteiger partial charge is 0.291 e. The first-order valence-corrected chi connectivity index (χ1v) is 8.61. The second-order valence-electron chi connectivity index (χ2n) is 5.07. The van der Waals surface area contributed by atoms with E-state index in [1.807, 2.05) is 30.3 Å².